The van der Waals surface area contributed by atoms with Crippen LogP contribution in [0.1, 0.15) is 6.42 Å². The highest BCUT2D eigenvalue weighted by Crippen LogP contribution is 2.39. The molecule has 0 spiro atoms. The Morgan fingerprint density at radius 1 is 1.75 bits per heavy atom. The van der Waals surface area contributed by atoms with E-state index in [0.29, 0.717) is 21.9 Å². The lowest BCUT2D eigenvalue weighted by atomic mass is 10.2. The first kappa shape index (κ1) is 8.26. The average molecular weight is 206 g/mol. The second kappa shape index (κ2) is 2.85. The Bertz CT molecular complexity index is 266. The zero-order valence-corrected chi connectivity index (χ0v) is 7.86. The summed E-state index contributed by atoms with van der Waals surface area (Å²) in [5, 5.41) is 9.67. The van der Waals surface area contributed by atoms with Gasteiger partial charge in [-0.15, -0.1) is 11.8 Å². The SMILES string of the molecule is O=C(O)C1=C(Cl)CSC2CCN12. The van der Waals surface area contributed by atoms with Crippen molar-refractivity contribution < 1.29 is 9.90 Å². The van der Waals surface area contributed by atoms with Crippen molar-refractivity contribution in [3.63, 3.8) is 0 Å². The van der Waals surface area contributed by atoms with Crippen LogP contribution in [0.4, 0.5) is 0 Å². The molecule has 0 amide bonds. The van der Waals surface area contributed by atoms with E-state index in [1.807, 2.05) is 4.90 Å². The van der Waals surface area contributed by atoms with Crippen molar-refractivity contribution in [1.82, 2.24) is 4.90 Å². The first-order chi connectivity index (χ1) is 5.70. The number of fused-ring (bicyclic) bond motifs is 1. The van der Waals surface area contributed by atoms with Gasteiger partial charge in [0.05, 0.1) is 10.4 Å². The van der Waals surface area contributed by atoms with E-state index < -0.39 is 5.97 Å². The van der Waals surface area contributed by atoms with Gasteiger partial charge in [0.25, 0.3) is 0 Å². The summed E-state index contributed by atoms with van der Waals surface area (Å²) in [5.41, 5.74) is 0.312. The predicted molar refractivity (Wildman–Crippen MR) is 48.1 cm³/mol. The van der Waals surface area contributed by atoms with E-state index in [1.54, 1.807) is 11.8 Å². The van der Waals surface area contributed by atoms with Crippen LogP contribution in [0.3, 0.4) is 0 Å². The van der Waals surface area contributed by atoms with Gasteiger partial charge in [0.1, 0.15) is 5.70 Å². The lowest BCUT2D eigenvalue weighted by Gasteiger charge is -2.45. The number of aliphatic carboxylic acids is 1. The number of rotatable bonds is 1. The summed E-state index contributed by atoms with van der Waals surface area (Å²) in [5.74, 6) is -0.255. The first-order valence-electron chi connectivity index (χ1n) is 3.70. The highest BCUT2D eigenvalue weighted by molar-refractivity contribution is 8.00. The number of carboxylic acid groups (broad SMARTS) is 1. The van der Waals surface area contributed by atoms with E-state index in [-0.39, 0.29) is 0 Å². The highest BCUT2D eigenvalue weighted by Gasteiger charge is 2.38. The zero-order chi connectivity index (χ0) is 8.72. The van der Waals surface area contributed by atoms with Gasteiger partial charge in [0.15, 0.2) is 0 Å². The number of hydrogen-bond donors (Lipinski definition) is 1. The third kappa shape index (κ3) is 1.10. The number of hydrogen-bond acceptors (Lipinski definition) is 3. The molecule has 3 nitrogen and oxygen atoms in total. The second-order valence-corrected chi connectivity index (χ2v) is 4.43. The molecular formula is C7H8ClNO2S. The zero-order valence-electron chi connectivity index (χ0n) is 6.29. The molecule has 12 heavy (non-hydrogen) atoms. The molecule has 2 aliphatic heterocycles. The Labute approximate surface area is 79.4 Å². The Morgan fingerprint density at radius 2 is 2.50 bits per heavy atom. The van der Waals surface area contributed by atoms with Gasteiger partial charge in [-0.1, -0.05) is 11.6 Å². The molecule has 1 N–H and O–H groups in total. The minimum absolute atomic E-state index is 0.312. The quantitative estimate of drug-likeness (QED) is 0.701. The summed E-state index contributed by atoms with van der Waals surface area (Å²) >= 11 is 7.52. The summed E-state index contributed by atoms with van der Waals surface area (Å²) in [6.07, 6.45) is 1.08. The summed E-state index contributed by atoms with van der Waals surface area (Å²) in [6.45, 7) is 0.829. The van der Waals surface area contributed by atoms with Gasteiger partial charge in [0.2, 0.25) is 0 Å². The van der Waals surface area contributed by atoms with Gasteiger partial charge < -0.3 is 10.0 Å². The van der Waals surface area contributed by atoms with E-state index in [9.17, 15) is 4.79 Å². The Hall–Kier alpha value is -0.350. The molecule has 0 saturated carbocycles. The Morgan fingerprint density at radius 3 is 2.92 bits per heavy atom. The molecule has 1 fully saturated rings. The van der Waals surface area contributed by atoms with Crippen molar-refractivity contribution in [3.05, 3.63) is 10.7 Å². The highest BCUT2D eigenvalue weighted by atomic mass is 35.5. The Kier molecular flexibility index (Phi) is 1.96. The lowest BCUT2D eigenvalue weighted by molar-refractivity contribution is -0.135. The van der Waals surface area contributed by atoms with Gasteiger partial charge in [-0.05, 0) is 6.42 Å². The molecule has 1 unspecified atom stereocenters. The van der Waals surface area contributed by atoms with Crippen molar-refractivity contribution in [2.24, 2.45) is 0 Å². The molecule has 1 saturated heterocycles. The summed E-state index contributed by atoms with van der Waals surface area (Å²) in [4.78, 5) is 12.6. The number of carboxylic acids is 1. The van der Waals surface area contributed by atoms with Crippen LogP contribution in [0.25, 0.3) is 0 Å². The maximum Gasteiger partial charge on any atom is 0.353 e. The number of halogens is 1. The van der Waals surface area contributed by atoms with E-state index in [4.69, 9.17) is 16.7 Å². The molecule has 5 heteroatoms. The molecule has 66 valence electrons. The minimum atomic E-state index is -0.898. The van der Waals surface area contributed by atoms with E-state index in [2.05, 4.69) is 0 Å². The first-order valence-corrected chi connectivity index (χ1v) is 5.13. The molecule has 2 aliphatic rings. The maximum atomic E-state index is 10.8. The summed E-state index contributed by atoms with van der Waals surface area (Å²) in [7, 11) is 0. The third-order valence-electron chi connectivity index (χ3n) is 2.11. The molecule has 0 bridgehead atoms. The van der Waals surface area contributed by atoms with Crippen LogP contribution >= 0.6 is 23.4 Å². The topological polar surface area (TPSA) is 40.5 Å². The molecule has 0 aromatic heterocycles. The summed E-state index contributed by atoms with van der Waals surface area (Å²) in [6, 6.07) is 0. The number of nitrogens with zero attached hydrogens (tertiary/aromatic N) is 1. The molecule has 0 aromatic carbocycles. The predicted octanol–water partition coefficient (Wildman–Crippen LogP) is 1.30. The van der Waals surface area contributed by atoms with Crippen LogP contribution in [0, 0.1) is 0 Å². The molecular weight excluding hydrogens is 198 g/mol. The van der Waals surface area contributed by atoms with Crippen LogP contribution in [-0.2, 0) is 4.79 Å². The molecule has 0 aliphatic carbocycles. The van der Waals surface area contributed by atoms with Crippen LogP contribution in [0.2, 0.25) is 0 Å². The standard InChI is InChI=1S/C7H8ClNO2S/c8-4-3-12-5-1-2-9(5)6(4)7(10)11/h5H,1-3H2,(H,10,11). The van der Waals surface area contributed by atoms with E-state index in [0.717, 1.165) is 13.0 Å². The van der Waals surface area contributed by atoms with Crippen molar-refractivity contribution in [2.75, 3.05) is 12.3 Å². The van der Waals surface area contributed by atoms with Crippen LogP contribution in [0.5, 0.6) is 0 Å². The van der Waals surface area contributed by atoms with Crippen LogP contribution in [-0.4, -0.2) is 33.6 Å². The fourth-order valence-corrected chi connectivity index (χ4v) is 2.94. The van der Waals surface area contributed by atoms with Crippen LogP contribution < -0.4 is 0 Å². The van der Waals surface area contributed by atoms with Gasteiger partial charge in [-0.25, -0.2) is 4.79 Å². The fourth-order valence-electron chi connectivity index (χ4n) is 1.43. The van der Waals surface area contributed by atoms with Crippen molar-refractivity contribution in [2.45, 2.75) is 11.8 Å². The van der Waals surface area contributed by atoms with Gasteiger partial charge in [0, 0.05) is 12.3 Å². The minimum Gasteiger partial charge on any atom is -0.477 e. The van der Waals surface area contributed by atoms with Crippen molar-refractivity contribution in [1.29, 1.82) is 0 Å². The largest absolute Gasteiger partial charge is 0.477 e. The molecule has 0 aromatic rings. The van der Waals surface area contributed by atoms with Gasteiger partial charge in [-0.3, -0.25) is 0 Å². The maximum absolute atomic E-state index is 10.8. The summed E-state index contributed by atoms with van der Waals surface area (Å²) < 4.78 is 0. The number of thioether (sulfide) groups is 1. The number of carbonyl (C=O) groups is 1. The average Bonchev–Trinajstić information content (AvgIpc) is 1.94. The smallest absolute Gasteiger partial charge is 0.353 e. The van der Waals surface area contributed by atoms with Gasteiger partial charge >= 0.3 is 5.97 Å². The molecule has 1 atom stereocenters. The van der Waals surface area contributed by atoms with Crippen molar-refractivity contribution >= 4 is 29.3 Å². The van der Waals surface area contributed by atoms with E-state index in [1.165, 1.54) is 0 Å². The molecule has 2 heterocycles. The Balaban J connectivity index is 2.29. The van der Waals surface area contributed by atoms with Crippen molar-refractivity contribution in [3.8, 4) is 0 Å². The fraction of sp³-hybridized carbons (Fsp3) is 0.571. The monoisotopic (exact) mass is 205 g/mol. The van der Waals surface area contributed by atoms with Crippen LogP contribution in [0.15, 0.2) is 10.7 Å². The second-order valence-electron chi connectivity index (χ2n) is 2.81. The normalized spacial score (nSPS) is 28.1. The third-order valence-corrected chi connectivity index (χ3v) is 3.92. The molecule has 2 rings (SSSR count). The van der Waals surface area contributed by atoms with Gasteiger partial charge in [-0.2, -0.15) is 0 Å². The molecule has 0 radical (unpaired) electrons. The lowest BCUT2D eigenvalue weighted by Crippen LogP contribution is -2.49. The van der Waals surface area contributed by atoms with E-state index >= 15 is 0 Å².